The summed E-state index contributed by atoms with van der Waals surface area (Å²) in [6, 6.07) is 12.7. The summed E-state index contributed by atoms with van der Waals surface area (Å²) in [6.07, 6.45) is 0. The molecule has 2 aromatic rings. The fraction of sp³-hybridized carbons (Fsp3) is 0.250. The Bertz CT molecular complexity index is 757. The van der Waals surface area contributed by atoms with Crippen LogP contribution in [0.2, 0.25) is 5.02 Å². The smallest absolute Gasteiger partial charge is 0.207 e. The molecule has 0 atom stereocenters. The van der Waals surface area contributed by atoms with E-state index in [1.165, 1.54) is 4.31 Å². The van der Waals surface area contributed by atoms with E-state index in [4.69, 9.17) is 11.6 Å². The average Bonchev–Trinajstić information content (AvgIpc) is 2.41. The van der Waals surface area contributed by atoms with Gasteiger partial charge in [0.05, 0.1) is 4.90 Å². The fourth-order valence-electron chi connectivity index (χ4n) is 2.13. The molecule has 0 aliphatic rings. The maximum atomic E-state index is 12.7. The zero-order chi connectivity index (χ0) is 15.6. The van der Waals surface area contributed by atoms with Crippen LogP contribution in [0.15, 0.2) is 47.4 Å². The maximum absolute atomic E-state index is 12.7. The Morgan fingerprint density at radius 1 is 1.10 bits per heavy atom. The van der Waals surface area contributed by atoms with E-state index >= 15 is 0 Å². The first kappa shape index (κ1) is 16.0. The van der Waals surface area contributed by atoms with Crippen LogP contribution in [-0.4, -0.2) is 19.8 Å². The van der Waals surface area contributed by atoms with E-state index in [1.54, 1.807) is 32.2 Å². The van der Waals surface area contributed by atoms with Crippen LogP contribution in [0.4, 0.5) is 0 Å². The highest BCUT2D eigenvalue weighted by molar-refractivity contribution is 7.89. The largest absolute Gasteiger partial charge is 0.243 e. The predicted octanol–water partition coefficient (Wildman–Crippen LogP) is 3.78. The lowest BCUT2D eigenvalue weighted by atomic mass is 10.2. The second-order valence-electron chi connectivity index (χ2n) is 5.16. The number of halogens is 1. The number of hydrogen-bond donors (Lipinski definition) is 0. The van der Waals surface area contributed by atoms with Crippen LogP contribution in [0, 0.1) is 13.8 Å². The van der Waals surface area contributed by atoms with Gasteiger partial charge in [0.1, 0.15) is 0 Å². The van der Waals surface area contributed by atoms with E-state index in [9.17, 15) is 8.42 Å². The number of sulfonamides is 1. The van der Waals surface area contributed by atoms with Gasteiger partial charge in [-0.05, 0) is 48.7 Å². The molecular weight excluding hydrogens is 306 g/mol. The molecule has 21 heavy (non-hydrogen) atoms. The van der Waals surface area contributed by atoms with Crippen LogP contribution in [0.1, 0.15) is 16.7 Å². The van der Waals surface area contributed by atoms with Gasteiger partial charge in [0.25, 0.3) is 0 Å². The molecule has 0 radical (unpaired) electrons. The predicted molar refractivity (Wildman–Crippen MR) is 86.0 cm³/mol. The summed E-state index contributed by atoms with van der Waals surface area (Å²) in [5, 5.41) is 0.602. The summed E-state index contributed by atoms with van der Waals surface area (Å²) in [4.78, 5) is 0.354. The first-order chi connectivity index (χ1) is 9.80. The molecule has 0 aromatic heterocycles. The Balaban J connectivity index is 2.33. The van der Waals surface area contributed by atoms with Crippen molar-refractivity contribution in [3.8, 4) is 0 Å². The van der Waals surface area contributed by atoms with E-state index in [0.717, 1.165) is 16.7 Å². The van der Waals surface area contributed by atoms with E-state index in [2.05, 4.69) is 0 Å². The first-order valence-corrected chi connectivity index (χ1v) is 8.40. The molecule has 0 heterocycles. The summed E-state index contributed by atoms with van der Waals surface area (Å²) in [5.41, 5.74) is 2.53. The van der Waals surface area contributed by atoms with Crippen molar-refractivity contribution in [3.05, 3.63) is 64.2 Å². The minimum absolute atomic E-state index is 0.288. The zero-order valence-electron chi connectivity index (χ0n) is 12.3. The maximum Gasteiger partial charge on any atom is 0.243 e. The van der Waals surface area contributed by atoms with Crippen molar-refractivity contribution in [2.24, 2.45) is 0 Å². The van der Waals surface area contributed by atoms with E-state index < -0.39 is 10.0 Å². The van der Waals surface area contributed by atoms with Crippen molar-refractivity contribution in [2.45, 2.75) is 25.3 Å². The van der Waals surface area contributed by atoms with Crippen molar-refractivity contribution in [3.63, 3.8) is 0 Å². The van der Waals surface area contributed by atoms with Crippen LogP contribution in [0.25, 0.3) is 0 Å². The lowest BCUT2D eigenvalue weighted by molar-refractivity contribution is 0.466. The van der Waals surface area contributed by atoms with Crippen molar-refractivity contribution >= 4 is 21.6 Å². The molecule has 0 fully saturated rings. The highest BCUT2D eigenvalue weighted by Crippen LogP contribution is 2.22. The molecule has 5 heteroatoms. The average molecular weight is 324 g/mol. The van der Waals surface area contributed by atoms with Crippen molar-refractivity contribution in [1.29, 1.82) is 0 Å². The van der Waals surface area contributed by atoms with Gasteiger partial charge in [-0.25, -0.2) is 8.42 Å². The third kappa shape index (κ3) is 3.64. The highest BCUT2D eigenvalue weighted by atomic mass is 35.5. The minimum atomic E-state index is -3.51. The summed E-state index contributed by atoms with van der Waals surface area (Å²) in [6.45, 7) is 3.98. The Labute approximate surface area is 131 Å². The molecule has 0 spiro atoms. The summed E-state index contributed by atoms with van der Waals surface area (Å²) in [7, 11) is -1.93. The third-order valence-electron chi connectivity index (χ3n) is 3.33. The van der Waals surface area contributed by atoms with Crippen LogP contribution in [-0.2, 0) is 16.6 Å². The highest BCUT2D eigenvalue weighted by Gasteiger charge is 2.23. The summed E-state index contributed by atoms with van der Waals surface area (Å²) in [5.74, 6) is 0. The van der Waals surface area contributed by atoms with Crippen molar-refractivity contribution in [2.75, 3.05) is 7.05 Å². The van der Waals surface area contributed by atoms with Gasteiger partial charge in [-0.3, -0.25) is 0 Å². The van der Waals surface area contributed by atoms with E-state index in [1.807, 2.05) is 31.2 Å². The van der Waals surface area contributed by atoms with Crippen molar-refractivity contribution < 1.29 is 8.42 Å². The van der Waals surface area contributed by atoms with Gasteiger partial charge in [-0.15, -0.1) is 0 Å². The van der Waals surface area contributed by atoms with E-state index in [0.29, 0.717) is 9.92 Å². The molecule has 0 aliphatic heterocycles. The van der Waals surface area contributed by atoms with Gasteiger partial charge < -0.3 is 0 Å². The molecule has 0 N–H and O–H groups in total. The number of rotatable bonds is 4. The molecule has 0 saturated carbocycles. The number of aryl methyl sites for hydroxylation is 2. The Morgan fingerprint density at radius 3 is 2.48 bits per heavy atom. The van der Waals surface area contributed by atoms with Crippen LogP contribution < -0.4 is 0 Å². The molecule has 0 amide bonds. The Morgan fingerprint density at radius 2 is 1.81 bits per heavy atom. The minimum Gasteiger partial charge on any atom is -0.207 e. The molecule has 0 bridgehead atoms. The topological polar surface area (TPSA) is 37.4 Å². The van der Waals surface area contributed by atoms with Gasteiger partial charge in [0.2, 0.25) is 10.0 Å². The zero-order valence-corrected chi connectivity index (χ0v) is 13.9. The monoisotopic (exact) mass is 323 g/mol. The SMILES string of the molecule is Cc1ccc(C)c(S(=O)(=O)N(C)Cc2cccc(Cl)c2)c1. The van der Waals surface area contributed by atoms with Crippen LogP contribution in [0.3, 0.4) is 0 Å². The van der Waals surface area contributed by atoms with E-state index in [-0.39, 0.29) is 6.54 Å². The van der Waals surface area contributed by atoms with Gasteiger partial charge in [-0.2, -0.15) is 4.31 Å². The second-order valence-corrected chi connectivity index (χ2v) is 7.61. The normalized spacial score (nSPS) is 11.9. The van der Waals surface area contributed by atoms with Gasteiger partial charge in [0, 0.05) is 18.6 Å². The van der Waals surface area contributed by atoms with Gasteiger partial charge >= 0.3 is 0 Å². The molecule has 0 aliphatic carbocycles. The Hall–Kier alpha value is -1.36. The van der Waals surface area contributed by atoms with Gasteiger partial charge in [-0.1, -0.05) is 35.9 Å². The van der Waals surface area contributed by atoms with Crippen LogP contribution in [0.5, 0.6) is 0 Å². The molecule has 2 aromatic carbocycles. The number of nitrogens with zero attached hydrogens (tertiary/aromatic N) is 1. The number of benzene rings is 2. The molecule has 2 rings (SSSR count). The fourth-order valence-corrected chi connectivity index (χ4v) is 3.81. The van der Waals surface area contributed by atoms with Crippen molar-refractivity contribution in [1.82, 2.24) is 4.31 Å². The summed E-state index contributed by atoms with van der Waals surface area (Å²) < 4.78 is 26.7. The second kappa shape index (κ2) is 6.18. The molecule has 3 nitrogen and oxygen atoms in total. The quantitative estimate of drug-likeness (QED) is 0.858. The number of hydrogen-bond acceptors (Lipinski definition) is 2. The van der Waals surface area contributed by atoms with Crippen LogP contribution >= 0.6 is 11.6 Å². The summed E-state index contributed by atoms with van der Waals surface area (Å²) >= 11 is 5.94. The lowest BCUT2D eigenvalue weighted by Crippen LogP contribution is -2.27. The Kier molecular flexibility index (Phi) is 4.71. The standard InChI is InChI=1S/C16H18ClNO2S/c1-12-7-8-13(2)16(9-12)21(19,20)18(3)11-14-5-4-6-15(17)10-14/h4-10H,11H2,1-3H3. The first-order valence-electron chi connectivity index (χ1n) is 6.59. The third-order valence-corrected chi connectivity index (χ3v) is 5.51. The van der Waals surface area contributed by atoms with Gasteiger partial charge in [0.15, 0.2) is 0 Å². The lowest BCUT2D eigenvalue weighted by Gasteiger charge is -2.19. The molecule has 0 saturated heterocycles. The molecular formula is C16H18ClNO2S. The molecule has 112 valence electrons. The molecule has 0 unspecified atom stereocenters.